The van der Waals surface area contributed by atoms with Crippen LogP contribution in [-0.2, 0) is 19.5 Å². The molecule has 1 saturated carbocycles. The number of hydrogen-bond acceptors (Lipinski definition) is 5. The number of nitrogens with zero attached hydrogens (tertiary/aromatic N) is 6. The fourth-order valence-electron chi connectivity index (χ4n) is 4.96. The van der Waals surface area contributed by atoms with Crippen molar-refractivity contribution in [3.8, 4) is 22.5 Å². The zero-order chi connectivity index (χ0) is 23.3. The van der Waals surface area contributed by atoms with Crippen LogP contribution in [0.4, 0.5) is 0 Å². The van der Waals surface area contributed by atoms with Gasteiger partial charge in [-0.1, -0.05) is 74.7 Å². The van der Waals surface area contributed by atoms with E-state index in [-0.39, 0.29) is 5.69 Å². The van der Waals surface area contributed by atoms with Gasteiger partial charge in [-0.2, -0.15) is 10.3 Å². The minimum atomic E-state index is 0.0144. The lowest BCUT2D eigenvalue weighted by atomic mass is 9.89. The molecule has 5 rings (SSSR count). The molecule has 1 fully saturated rings. The van der Waals surface area contributed by atoms with Crippen molar-refractivity contribution in [2.24, 2.45) is 5.92 Å². The first-order chi connectivity index (χ1) is 16.7. The molecule has 34 heavy (non-hydrogen) atoms. The Morgan fingerprint density at radius 1 is 1.00 bits per heavy atom. The Bertz CT molecular complexity index is 1270. The maximum absolute atomic E-state index is 13.2. The molecule has 1 N–H and O–H groups in total. The Kier molecular flexibility index (Phi) is 6.65. The van der Waals surface area contributed by atoms with Crippen molar-refractivity contribution < 1.29 is 0 Å². The normalized spacial score (nSPS) is 14.5. The molecule has 2 aromatic heterocycles. The van der Waals surface area contributed by atoms with E-state index in [2.05, 4.69) is 57.9 Å². The van der Waals surface area contributed by atoms with Gasteiger partial charge < -0.3 is 0 Å². The smallest absolute Gasteiger partial charge is 0.274 e. The third-order valence-corrected chi connectivity index (χ3v) is 6.75. The molecule has 0 unspecified atom stereocenters. The zero-order valence-corrected chi connectivity index (χ0v) is 19.7. The molecule has 0 saturated heterocycles. The van der Waals surface area contributed by atoms with Gasteiger partial charge in [-0.3, -0.25) is 4.57 Å². The van der Waals surface area contributed by atoms with Crippen LogP contribution in [0.1, 0.15) is 56.8 Å². The molecule has 0 aliphatic heterocycles. The molecule has 8 heteroatoms. The molecular weight excluding hydrogens is 426 g/mol. The molecule has 0 radical (unpaired) electrons. The van der Waals surface area contributed by atoms with Crippen LogP contribution in [0.15, 0.2) is 53.3 Å². The molecule has 1 aliphatic carbocycles. The SMILES string of the molecule is CCCc1nn(CC2CCCCC2)c(=O)n1Cc1ccc(-c2ccccc2-c2nn[nH]n2)cc1. The Balaban J connectivity index is 1.39. The lowest BCUT2D eigenvalue weighted by molar-refractivity contribution is 0.303. The summed E-state index contributed by atoms with van der Waals surface area (Å²) in [5.74, 6) is 2.03. The van der Waals surface area contributed by atoms with Crippen molar-refractivity contribution in [1.82, 2.24) is 35.0 Å². The Morgan fingerprint density at radius 3 is 2.47 bits per heavy atom. The topological polar surface area (TPSA) is 94.3 Å². The van der Waals surface area contributed by atoms with E-state index in [0.717, 1.165) is 47.5 Å². The number of aromatic amines is 1. The number of aromatic nitrogens is 7. The number of hydrogen-bond donors (Lipinski definition) is 1. The van der Waals surface area contributed by atoms with E-state index in [1.165, 1.54) is 32.1 Å². The fraction of sp³-hybridized carbons (Fsp3) is 0.423. The summed E-state index contributed by atoms with van der Waals surface area (Å²) < 4.78 is 3.57. The van der Waals surface area contributed by atoms with Crippen molar-refractivity contribution in [2.45, 2.75) is 65.0 Å². The van der Waals surface area contributed by atoms with Crippen LogP contribution in [0.5, 0.6) is 0 Å². The number of nitrogens with one attached hydrogen (secondary N) is 1. The summed E-state index contributed by atoms with van der Waals surface area (Å²) in [4.78, 5) is 13.2. The van der Waals surface area contributed by atoms with Crippen LogP contribution in [0.3, 0.4) is 0 Å². The highest BCUT2D eigenvalue weighted by atomic mass is 16.2. The molecule has 0 bridgehead atoms. The highest BCUT2D eigenvalue weighted by molar-refractivity contribution is 5.80. The average Bonchev–Trinajstić information content (AvgIpc) is 3.51. The van der Waals surface area contributed by atoms with Crippen molar-refractivity contribution >= 4 is 0 Å². The van der Waals surface area contributed by atoms with Gasteiger partial charge in [0.05, 0.1) is 6.54 Å². The van der Waals surface area contributed by atoms with Gasteiger partial charge in [0.2, 0.25) is 5.82 Å². The molecule has 8 nitrogen and oxygen atoms in total. The first-order valence-electron chi connectivity index (χ1n) is 12.3. The molecule has 4 aromatic rings. The van der Waals surface area contributed by atoms with Crippen molar-refractivity contribution in [3.63, 3.8) is 0 Å². The predicted octanol–water partition coefficient (Wildman–Crippen LogP) is 4.47. The van der Waals surface area contributed by atoms with Gasteiger partial charge in [0.1, 0.15) is 5.82 Å². The summed E-state index contributed by atoms with van der Waals surface area (Å²) in [6, 6.07) is 16.4. The van der Waals surface area contributed by atoms with Crippen LogP contribution in [0, 0.1) is 5.92 Å². The molecule has 176 valence electrons. The average molecular weight is 458 g/mol. The standard InChI is InChI=1S/C26H31N7O/c1-2-8-24-29-33(18-19-9-4-3-5-10-19)26(34)32(24)17-20-13-15-21(16-14-20)22-11-6-7-12-23(22)25-27-30-31-28-25/h6-7,11-16,19H,2-5,8-10,17-18H2,1H3,(H,27,28,30,31). The van der Waals surface area contributed by atoms with Crippen molar-refractivity contribution in [1.29, 1.82) is 0 Å². The van der Waals surface area contributed by atoms with Crippen LogP contribution >= 0.6 is 0 Å². The number of tetrazole rings is 1. The third-order valence-electron chi connectivity index (χ3n) is 6.75. The number of aryl methyl sites for hydroxylation is 1. The van der Waals surface area contributed by atoms with E-state index in [1.807, 2.05) is 22.8 Å². The molecule has 2 aromatic carbocycles. The summed E-state index contributed by atoms with van der Waals surface area (Å²) in [5, 5.41) is 19.2. The van der Waals surface area contributed by atoms with Crippen LogP contribution in [0.25, 0.3) is 22.5 Å². The second-order valence-electron chi connectivity index (χ2n) is 9.20. The monoisotopic (exact) mass is 457 g/mol. The Morgan fingerprint density at radius 2 is 1.76 bits per heavy atom. The van der Waals surface area contributed by atoms with Crippen LogP contribution in [0.2, 0.25) is 0 Å². The molecule has 0 atom stereocenters. The number of rotatable bonds is 8. The molecule has 0 spiro atoms. The van der Waals surface area contributed by atoms with Gasteiger partial charge in [0.25, 0.3) is 0 Å². The van der Waals surface area contributed by atoms with E-state index < -0.39 is 0 Å². The second-order valence-corrected chi connectivity index (χ2v) is 9.20. The number of benzene rings is 2. The maximum atomic E-state index is 13.2. The Labute approximate surface area is 199 Å². The molecule has 0 amide bonds. The molecule has 2 heterocycles. The van der Waals surface area contributed by atoms with E-state index >= 15 is 0 Å². The molecular formula is C26H31N7O. The van der Waals surface area contributed by atoms with Gasteiger partial charge in [-0.15, -0.1) is 10.2 Å². The molecule has 1 aliphatic rings. The van der Waals surface area contributed by atoms with E-state index in [0.29, 0.717) is 18.3 Å². The van der Waals surface area contributed by atoms with Gasteiger partial charge in [0.15, 0.2) is 0 Å². The predicted molar refractivity (Wildman–Crippen MR) is 131 cm³/mol. The largest absolute Gasteiger partial charge is 0.346 e. The summed E-state index contributed by atoms with van der Waals surface area (Å²) in [7, 11) is 0. The zero-order valence-electron chi connectivity index (χ0n) is 19.7. The Hall–Kier alpha value is -3.55. The number of H-pyrrole nitrogens is 1. The van der Waals surface area contributed by atoms with E-state index in [9.17, 15) is 4.79 Å². The lowest BCUT2D eigenvalue weighted by Crippen LogP contribution is -2.28. The van der Waals surface area contributed by atoms with Gasteiger partial charge >= 0.3 is 5.69 Å². The van der Waals surface area contributed by atoms with E-state index in [4.69, 9.17) is 5.10 Å². The summed E-state index contributed by atoms with van der Waals surface area (Å²) in [6.45, 7) is 3.41. The van der Waals surface area contributed by atoms with E-state index in [1.54, 1.807) is 4.68 Å². The maximum Gasteiger partial charge on any atom is 0.346 e. The first-order valence-corrected chi connectivity index (χ1v) is 12.3. The van der Waals surface area contributed by atoms with Crippen molar-refractivity contribution in [2.75, 3.05) is 0 Å². The second kappa shape index (κ2) is 10.2. The van der Waals surface area contributed by atoms with Crippen molar-refractivity contribution in [3.05, 3.63) is 70.4 Å². The summed E-state index contributed by atoms with van der Waals surface area (Å²) in [6.07, 6.45) is 8.03. The quantitative estimate of drug-likeness (QED) is 0.421. The van der Waals surface area contributed by atoms with Crippen LogP contribution in [-0.4, -0.2) is 35.0 Å². The third kappa shape index (κ3) is 4.71. The summed E-state index contributed by atoms with van der Waals surface area (Å²) >= 11 is 0. The van der Waals surface area contributed by atoms with Gasteiger partial charge in [-0.25, -0.2) is 9.48 Å². The summed E-state index contributed by atoms with van der Waals surface area (Å²) in [5.41, 5.74) is 4.13. The fourth-order valence-corrected chi connectivity index (χ4v) is 4.96. The highest BCUT2D eigenvalue weighted by Crippen LogP contribution is 2.30. The highest BCUT2D eigenvalue weighted by Gasteiger charge is 2.19. The van der Waals surface area contributed by atoms with Gasteiger partial charge in [0, 0.05) is 18.5 Å². The first kappa shape index (κ1) is 22.3. The minimum absolute atomic E-state index is 0.0144. The minimum Gasteiger partial charge on any atom is -0.274 e. The lowest BCUT2D eigenvalue weighted by Gasteiger charge is -2.20. The van der Waals surface area contributed by atoms with Crippen LogP contribution < -0.4 is 5.69 Å². The van der Waals surface area contributed by atoms with Gasteiger partial charge in [-0.05, 0) is 47.1 Å².